The number of rotatable bonds is 6. The lowest BCUT2D eigenvalue weighted by atomic mass is 9.97. The van der Waals surface area contributed by atoms with Crippen molar-refractivity contribution in [2.45, 2.75) is 89.6 Å². The summed E-state index contributed by atoms with van der Waals surface area (Å²) in [5, 5.41) is 23.3. The fourth-order valence-corrected chi connectivity index (χ4v) is 8.60. The molecule has 0 bridgehead atoms. The third kappa shape index (κ3) is 7.21. The van der Waals surface area contributed by atoms with Gasteiger partial charge in [-0.25, -0.2) is 28.7 Å². The van der Waals surface area contributed by atoms with E-state index in [4.69, 9.17) is 0 Å². The Bertz CT molecular complexity index is 2410. The summed E-state index contributed by atoms with van der Waals surface area (Å²) in [6.45, 7) is 6.33. The van der Waals surface area contributed by atoms with Crippen LogP contribution >= 0.6 is 0 Å². The predicted molar refractivity (Wildman–Crippen MR) is 218 cm³/mol. The van der Waals surface area contributed by atoms with Crippen molar-refractivity contribution in [2.75, 3.05) is 23.9 Å². The fraction of sp³-hybridized carbons (Fsp3) is 0.381. The molecule has 1 unspecified atom stereocenters. The minimum absolute atomic E-state index is 0.110. The van der Waals surface area contributed by atoms with E-state index in [2.05, 4.69) is 65.3 Å². The van der Waals surface area contributed by atoms with Crippen LogP contribution in [0.5, 0.6) is 0 Å². The highest BCUT2D eigenvalue weighted by atomic mass is 16.2. The molecule has 18 nitrogen and oxygen atoms in total. The molecule has 0 saturated heterocycles. The zero-order valence-corrected chi connectivity index (χ0v) is 33.9. The standard InChI is InChI=1S/2C21H23N7O2/c2*1-13-12-17-26(2)21(30)16(9-11-27(17)24-13)22-20(29)18-23-19-15(8-10-28(19)25-18)14-6-4-3-5-7-14/h2*3-7,12,15-16H,8-11H2,1-2H3,(H,22,29)/t15?,16-;15-,16-/m00/s1. The lowest BCUT2D eigenvalue weighted by Gasteiger charge is -2.19. The Morgan fingerprint density at radius 3 is 1.33 bits per heavy atom. The van der Waals surface area contributed by atoms with Crippen LogP contribution in [0, 0.1) is 13.8 Å². The summed E-state index contributed by atoms with van der Waals surface area (Å²) in [4.78, 5) is 63.6. The Morgan fingerprint density at radius 2 is 0.933 bits per heavy atom. The smallest absolute Gasteiger partial charge is 0.291 e. The minimum Gasteiger partial charge on any atom is -0.337 e. The van der Waals surface area contributed by atoms with Crippen molar-refractivity contribution in [1.29, 1.82) is 0 Å². The van der Waals surface area contributed by atoms with Gasteiger partial charge in [-0.3, -0.25) is 29.0 Å². The van der Waals surface area contributed by atoms with Crippen LogP contribution in [0.1, 0.15) is 92.9 Å². The summed E-state index contributed by atoms with van der Waals surface area (Å²) >= 11 is 0. The number of hydrogen-bond acceptors (Lipinski definition) is 10. The largest absolute Gasteiger partial charge is 0.337 e. The van der Waals surface area contributed by atoms with Crippen LogP contribution in [0.4, 0.5) is 11.6 Å². The van der Waals surface area contributed by atoms with Gasteiger partial charge in [0.1, 0.15) is 35.4 Å². The van der Waals surface area contributed by atoms with Gasteiger partial charge in [-0.15, -0.1) is 10.2 Å². The van der Waals surface area contributed by atoms with Gasteiger partial charge in [-0.05, 0) is 50.7 Å². The number of aromatic nitrogens is 10. The van der Waals surface area contributed by atoms with Crippen molar-refractivity contribution in [3.8, 4) is 0 Å². The molecule has 4 amide bonds. The molecule has 6 aromatic rings. The number of likely N-dealkylation sites (N-methyl/N-ethyl adjacent to an activating group) is 2. The van der Waals surface area contributed by atoms with Gasteiger partial charge in [0.05, 0.1) is 11.4 Å². The topological polar surface area (TPSA) is 196 Å². The summed E-state index contributed by atoms with van der Waals surface area (Å²) in [6.07, 6.45) is 2.75. The highest BCUT2D eigenvalue weighted by Crippen LogP contribution is 2.34. The number of nitrogens with zero attached hydrogens (tertiary/aromatic N) is 12. The first-order valence-corrected chi connectivity index (χ1v) is 20.3. The Hall–Kier alpha value is -6.98. The van der Waals surface area contributed by atoms with Gasteiger partial charge in [0.15, 0.2) is 0 Å². The maximum absolute atomic E-state index is 12.9. The first kappa shape index (κ1) is 38.5. The second-order valence-corrected chi connectivity index (χ2v) is 15.7. The molecule has 308 valence electrons. The van der Waals surface area contributed by atoms with E-state index in [1.165, 1.54) is 11.1 Å². The maximum Gasteiger partial charge on any atom is 0.291 e. The van der Waals surface area contributed by atoms with E-state index < -0.39 is 23.9 Å². The van der Waals surface area contributed by atoms with Gasteiger partial charge in [0.2, 0.25) is 11.6 Å². The molecule has 2 aromatic carbocycles. The van der Waals surface area contributed by atoms with E-state index in [0.29, 0.717) is 25.9 Å². The van der Waals surface area contributed by atoms with Crippen molar-refractivity contribution >= 4 is 35.3 Å². The molecule has 4 aliphatic rings. The number of hydrogen-bond donors (Lipinski definition) is 2. The van der Waals surface area contributed by atoms with Gasteiger partial charge >= 0.3 is 0 Å². The van der Waals surface area contributed by atoms with Crippen molar-refractivity contribution in [1.82, 2.24) is 59.7 Å². The van der Waals surface area contributed by atoms with Crippen molar-refractivity contribution in [3.05, 3.63) is 119 Å². The number of nitrogens with one attached hydrogen (secondary N) is 2. The van der Waals surface area contributed by atoms with Crippen LogP contribution in [0.25, 0.3) is 0 Å². The molecule has 18 heteroatoms. The molecule has 0 spiro atoms. The Kier molecular flexibility index (Phi) is 10.1. The van der Waals surface area contributed by atoms with E-state index in [0.717, 1.165) is 60.6 Å². The Labute approximate surface area is 345 Å². The summed E-state index contributed by atoms with van der Waals surface area (Å²) < 4.78 is 7.19. The predicted octanol–water partition coefficient (Wildman–Crippen LogP) is 2.97. The van der Waals surface area contributed by atoms with E-state index in [-0.39, 0.29) is 35.3 Å². The number of aryl methyl sites for hydroxylation is 6. The van der Waals surface area contributed by atoms with Crippen LogP contribution < -0.4 is 20.4 Å². The quantitative estimate of drug-likeness (QED) is 0.253. The monoisotopic (exact) mass is 810 g/mol. The second-order valence-electron chi connectivity index (χ2n) is 15.7. The van der Waals surface area contributed by atoms with Crippen LogP contribution in [0.2, 0.25) is 0 Å². The SMILES string of the molecule is Cc1cc2n(n1)CC[C@H](NC(=O)c1nc3n(n1)CCC3c1ccccc1)C(=O)N2C.Cc1cc2n(n1)CC[C@H](NC(=O)c1nc3n(n1)CC[C@H]3c1ccccc1)C(=O)N2C. The van der Waals surface area contributed by atoms with Gasteiger partial charge < -0.3 is 10.6 Å². The number of carbonyl (C=O) groups excluding carboxylic acids is 4. The molecule has 4 aliphatic heterocycles. The lowest BCUT2D eigenvalue weighted by molar-refractivity contribution is -0.120. The highest BCUT2D eigenvalue weighted by Gasteiger charge is 2.35. The maximum atomic E-state index is 12.9. The zero-order valence-electron chi connectivity index (χ0n) is 33.9. The van der Waals surface area contributed by atoms with Crippen molar-refractivity contribution < 1.29 is 19.2 Å². The van der Waals surface area contributed by atoms with E-state index in [1.807, 2.05) is 62.4 Å². The average Bonchev–Trinajstić information content (AvgIpc) is 4.11. The lowest BCUT2D eigenvalue weighted by Crippen LogP contribution is -2.47. The van der Waals surface area contributed by atoms with E-state index in [1.54, 1.807) is 42.6 Å². The van der Waals surface area contributed by atoms with E-state index in [9.17, 15) is 19.2 Å². The number of fused-ring (bicyclic) bond motifs is 4. The molecule has 0 saturated carbocycles. The van der Waals surface area contributed by atoms with Gasteiger partial charge in [0.25, 0.3) is 23.6 Å². The van der Waals surface area contributed by atoms with Gasteiger partial charge in [0, 0.05) is 64.2 Å². The van der Waals surface area contributed by atoms with Crippen molar-refractivity contribution in [2.24, 2.45) is 0 Å². The molecule has 0 fully saturated rings. The molecule has 0 radical (unpaired) electrons. The zero-order chi connectivity index (χ0) is 41.7. The highest BCUT2D eigenvalue weighted by molar-refractivity contribution is 6.01. The summed E-state index contributed by atoms with van der Waals surface area (Å²) in [7, 11) is 3.40. The first-order chi connectivity index (χ1) is 29.0. The molecule has 60 heavy (non-hydrogen) atoms. The first-order valence-electron chi connectivity index (χ1n) is 20.3. The van der Waals surface area contributed by atoms with Crippen molar-refractivity contribution in [3.63, 3.8) is 0 Å². The number of amides is 4. The molecular weight excluding hydrogens is 765 g/mol. The third-order valence-electron chi connectivity index (χ3n) is 11.7. The molecule has 2 N–H and O–H groups in total. The van der Waals surface area contributed by atoms with Crippen LogP contribution in [0.15, 0.2) is 72.8 Å². The third-order valence-corrected chi connectivity index (χ3v) is 11.7. The fourth-order valence-electron chi connectivity index (χ4n) is 8.60. The summed E-state index contributed by atoms with van der Waals surface area (Å²) in [6, 6.07) is 22.7. The minimum atomic E-state index is -0.646. The average molecular weight is 811 g/mol. The Morgan fingerprint density at radius 1 is 0.550 bits per heavy atom. The van der Waals surface area contributed by atoms with Gasteiger partial charge in [-0.1, -0.05) is 60.7 Å². The molecular formula is C42H46N14O4. The van der Waals surface area contributed by atoms with E-state index >= 15 is 0 Å². The van der Waals surface area contributed by atoms with Gasteiger partial charge in [-0.2, -0.15) is 10.2 Å². The molecule has 4 aromatic heterocycles. The summed E-state index contributed by atoms with van der Waals surface area (Å²) in [5.74, 6) is 2.36. The van der Waals surface area contributed by atoms with Crippen LogP contribution in [-0.4, -0.2) is 98.9 Å². The summed E-state index contributed by atoms with van der Waals surface area (Å²) in [5.41, 5.74) is 4.05. The van der Waals surface area contributed by atoms with Crippen LogP contribution in [-0.2, 0) is 35.8 Å². The number of anilines is 2. The molecule has 8 heterocycles. The van der Waals surface area contributed by atoms with Crippen LogP contribution in [0.3, 0.4) is 0 Å². The normalized spacial score (nSPS) is 20.6. The number of benzene rings is 2. The second kappa shape index (κ2) is 15.6. The molecule has 10 rings (SSSR count). The Balaban J connectivity index is 0.000000154. The molecule has 0 aliphatic carbocycles. The number of carbonyl (C=O) groups is 4. The molecule has 4 atom stereocenters.